The maximum absolute atomic E-state index is 9.68. The lowest BCUT2D eigenvalue weighted by molar-refractivity contribution is 0.122. The van der Waals surface area contributed by atoms with Gasteiger partial charge in [0.05, 0.1) is 24.5 Å². The minimum atomic E-state index is 0.414. The number of aromatic nitrogens is 2. The van der Waals surface area contributed by atoms with E-state index in [1.54, 1.807) is 6.20 Å². The predicted octanol–water partition coefficient (Wildman–Crippen LogP) is 5.02. The molecule has 6 nitrogen and oxygen atoms in total. The van der Waals surface area contributed by atoms with Crippen molar-refractivity contribution in [3.63, 3.8) is 0 Å². The van der Waals surface area contributed by atoms with Gasteiger partial charge in [-0.05, 0) is 47.5 Å². The molecule has 1 aromatic heterocycles. The van der Waals surface area contributed by atoms with E-state index in [9.17, 15) is 5.26 Å². The number of hydrogen-bond donors (Lipinski definition) is 0. The van der Waals surface area contributed by atoms with E-state index in [-0.39, 0.29) is 0 Å². The van der Waals surface area contributed by atoms with Crippen LogP contribution >= 0.6 is 0 Å². The highest BCUT2D eigenvalue weighted by molar-refractivity contribution is 5.64. The molecule has 1 aliphatic heterocycles. The Balaban J connectivity index is 1.28. The quantitative estimate of drug-likeness (QED) is 0.384. The Labute approximate surface area is 205 Å². The lowest BCUT2D eigenvalue weighted by Gasteiger charge is -2.28. The summed E-state index contributed by atoms with van der Waals surface area (Å²) < 4.78 is 11.3. The van der Waals surface area contributed by atoms with Gasteiger partial charge in [-0.15, -0.1) is 0 Å². The summed E-state index contributed by atoms with van der Waals surface area (Å²) in [6, 6.07) is 28.2. The molecule has 0 unspecified atom stereocenters. The Morgan fingerprint density at radius 3 is 2.49 bits per heavy atom. The van der Waals surface area contributed by atoms with E-state index in [0.29, 0.717) is 24.3 Å². The first-order chi connectivity index (χ1) is 17.3. The molecular weight excluding hydrogens is 436 g/mol. The highest BCUT2D eigenvalue weighted by atomic mass is 16.5. The Bertz CT molecular complexity index is 1310. The molecule has 0 aliphatic carbocycles. The van der Waals surface area contributed by atoms with Gasteiger partial charge < -0.3 is 14.4 Å². The van der Waals surface area contributed by atoms with E-state index in [4.69, 9.17) is 14.5 Å². The number of nitriles is 1. The zero-order chi connectivity index (χ0) is 23.9. The second-order valence-electron chi connectivity index (χ2n) is 8.40. The van der Waals surface area contributed by atoms with Crippen LogP contribution in [-0.2, 0) is 17.8 Å². The smallest absolute Gasteiger partial charge is 0.137 e. The van der Waals surface area contributed by atoms with Crippen LogP contribution in [0.4, 0.5) is 5.69 Å². The number of hydrogen-bond acceptors (Lipinski definition) is 6. The topological polar surface area (TPSA) is 71.3 Å². The summed E-state index contributed by atoms with van der Waals surface area (Å²) in [6.07, 6.45) is 2.41. The predicted molar refractivity (Wildman–Crippen MR) is 135 cm³/mol. The first-order valence-corrected chi connectivity index (χ1v) is 11.7. The van der Waals surface area contributed by atoms with Crippen molar-refractivity contribution in [1.82, 2.24) is 9.97 Å². The van der Waals surface area contributed by atoms with Crippen molar-refractivity contribution in [3.8, 4) is 23.1 Å². The van der Waals surface area contributed by atoms with Crippen molar-refractivity contribution in [2.75, 3.05) is 31.2 Å². The maximum Gasteiger partial charge on any atom is 0.137 e. The van der Waals surface area contributed by atoms with E-state index in [0.717, 1.165) is 54.5 Å². The molecule has 0 radical (unpaired) electrons. The molecule has 0 spiro atoms. The largest absolute Gasteiger partial charge is 0.488 e. The van der Waals surface area contributed by atoms with Gasteiger partial charge in [0, 0.05) is 37.0 Å². The van der Waals surface area contributed by atoms with Crippen LogP contribution in [0.5, 0.6) is 5.75 Å². The minimum Gasteiger partial charge on any atom is -0.488 e. The lowest BCUT2D eigenvalue weighted by atomic mass is 10.1. The molecule has 2 heterocycles. The molecule has 1 fully saturated rings. The fourth-order valence-corrected chi connectivity index (χ4v) is 4.11. The molecule has 35 heavy (non-hydrogen) atoms. The molecule has 0 atom stereocenters. The first kappa shape index (κ1) is 22.6. The molecule has 0 N–H and O–H groups in total. The van der Waals surface area contributed by atoms with Crippen molar-refractivity contribution in [2.45, 2.75) is 13.0 Å². The zero-order valence-electron chi connectivity index (χ0n) is 19.4. The Hall–Kier alpha value is -4.21. The van der Waals surface area contributed by atoms with E-state index in [2.05, 4.69) is 40.2 Å². The molecule has 0 saturated carbocycles. The van der Waals surface area contributed by atoms with Gasteiger partial charge in [0.1, 0.15) is 24.3 Å². The van der Waals surface area contributed by atoms with Crippen molar-refractivity contribution in [1.29, 1.82) is 5.26 Å². The third kappa shape index (κ3) is 5.65. The van der Waals surface area contributed by atoms with Crippen LogP contribution in [0.2, 0.25) is 0 Å². The van der Waals surface area contributed by atoms with Gasteiger partial charge in [0.15, 0.2) is 0 Å². The standard InChI is InChI=1S/C29H26N4O2/c30-20-25-19-24(8-11-28(25)35-21-23-4-2-1-3-5-23)27-12-13-31-29(32-27)18-22-6-9-26(10-7-22)33-14-16-34-17-15-33/h1-13,19H,14-18,21H2. The fraction of sp³-hybridized carbons (Fsp3) is 0.207. The van der Waals surface area contributed by atoms with Gasteiger partial charge in [-0.25, -0.2) is 9.97 Å². The monoisotopic (exact) mass is 462 g/mol. The van der Waals surface area contributed by atoms with Crippen LogP contribution < -0.4 is 9.64 Å². The molecule has 174 valence electrons. The molecule has 5 rings (SSSR count). The third-order valence-corrected chi connectivity index (χ3v) is 6.01. The van der Waals surface area contributed by atoms with E-state index < -0.39 is 0 Å². The molecule has 3 aromatic carbocycles. The molecule has 6 heteroatoms. The van der Waals surface area contributed by atoms with Crippen LogP contribution in [0.25, 0.3) is 11.3 Å². The summed E-state index contributed by atoms with van der Waals surface area (Å²) in [5, 5.41) is 9.68. The van der Waals surface area contributed by atoms with Crippen LogP contribution in [-0.4, -0.2) is 36.3 Å². The first-order valence-electron chi connectivity index (χ1n) is 11.7. The number of morpholine rings is 1. The lowest BCUT2D eigenvalue weighted by Crippen LogP contribution is -2.36. The maximum atomic E-state index is 9.68. The summed E-state index contributed by atoms with van der Waals surface area (Å²) in [5.74, 6) is 1.30. The summed E-state index contributed by atoms with van der Waals surface area (Å²) in [7, 11) is 0. The number of ether oxygens (including phenoxy) is 2. The van der Waals surface area contributed by atoms with Gasteiger partial charge in [-0.2, -0.15) is 5.26 Å². The molecule has 1 saturated heterocycles. The van der Waals surface area contributed by atoms with Crippen molar-refractivity contribution < 1.29 is 9.47 Å². The van der Waals surface area contributed by atoms with Crippen LogP contribution in [0.1, 0.15) is 22.5 Å². The minimum absolute atomic E-state index is 0.414. The SMILES string of the molecule is N#Cc1cc(-c2ccnc(Cc3ccc(N4CCOCC4)cc3)n2)ccc1OCc1ccccc1. The molecule has 0 amide bonds. The highest BCUT2D eigenvalue weighted by Crippen LogP contribution is 2.26. The summed E-state index contributed by atoms with van der Waals surface area (Å²) in [6.45, 7) is 3.81. The zero-order valence-corrected chi connectivity index (χ0v) is 19.4. The fourth-order valence-electron chi connectivity index (χ4n) is 4.11. The average molecular weight is 463 g/mol. The second-order valence-corrected chi connectivity index (χ2v) is 8.40. The second kappa shape index (κ2) is 10.8. The number of benzene rings is 3. The molecule has 1 aliphatic rings. The van der Waals surface area contributed by atoms with Gasteiger partial charge in [-0.1, -0.05) is 42.5 Å². The molecule has 0 bridgehead atoms. The number of anilines is 1. The van der Waals surface area contributed by atoms with Gasteiger partial charge in [-0.3, -0.25) is 0 Å². The van der Waals surface area contributed by atoms with Crippen molar-refractivity contribution in [3.05, 3.63) is 108 Å². The Kier molecular flexibility index (Phi) is 6.97. The summed E-state index contributed by atoms with van der Waals surface area (Å²) >= 11 is 0. The van der Waals surface area contributed by atoms with Crippen LogP contribution in [0.15, 0.2) is 85.1 Å². The Morgan fingerprint density at radius 1 is 0.914 bits per heavy atom. The Morgan fingerprint density at radius 2 is 1.71 bits per heavy atom. The third-order valence-electron chi connectivity index (χ3n) is 6.01. The van der Waals surface area contributed by atoms with E-state index in [1.807, 2.05) is 54.6 Å². The van der Waals surface area contributed by atoms with Gasteiger partial charge in [0.25, 0.3) is 0 Å². The van der Waals surface area contributed by atoms with E-state index >= 15 is 0 Å². The summed E-state index contributed by atoms with van der Waals surface area (Å²) in [5.41, 5.74) is 5.55. The van der Waals surface area contributed by atoms with Gasteiger partial charge in [0.2, 0.25) is 0 Å². The highest BCUT2D eigenvalue weighted by Gasteiger charge is 2.12. The van der Waals surface area contributed by atoms with Gasteiger partial charge >= 0.3 is 0 Å². The summed E-state index contributed by atoms with van der Waals surface area (Å²) in [4.78, 5) is 11.6. The van der Waals surface area contributed by atoms with Crippen LogP contribution in [0, 0.1) is 11.3 Å². The number of rotatable bonds is 7. The molecular formula is C29H26N4O2. The van der Waals surface area contributed by atoms with Crippen molar-refractivity contribution in [2.24, 2.45) is 0 Å². The molecule has 4 aromatic rings. The normalized spacial score (nSPS) is 13.3. The van der Waals surface area contributed by atoms with Crippen molar-refractivity contribution >= 4 is 5.69 Å². The van der Waals surface area contributed by atoms with E-state index in [1.165, 1.54) is 5.69 Å². The average Bonchev–Trinajstić information content (AvgIpc) is 2.93. The number of nitrogens with zero attached hydrogens (tertiary/aromatic N) is 4. The van der Waals surface area contributed by atoms with Crippen LogP contribution in [0.3, 0.4) is 0 Å².